The van der Waals surface area contributed by atoms with Crippen LogP contribution in [0.1, 0.15) is 49.1 Å². The molecule has 1 aliphatic heterocycles. The second-order valence-electron chi connectivity index (χ2n) is 6.91. The van der Waals surface area contributed by atoms with Gasteiger partial charge in [0.15, 0.2) is 23.4 Å². The first-order valence-corrected chi connectivity index (χ1v) is 8.93. The first-order chi connectivity index (χ1) is 13.9. The van der Waals surface area contributed by atoms with E-state index in [1.807, 2.05) is 0 Å². The molecule has 0 radical (unpaired) electrons. The zero-order valence-corrected chi connectivity index (χ0v) is 15.0. The highest BCUT2D eigenvalue weighted by atomic mass is 19.2. The molecule has 0 unspecified atom stereocenters. The summed E-state index contributed by atoms with van der Waals surface area (Å²) in [6.45, 7) is 0. The third kappa shape index (κ3) is 2.93. The minimum Gasteiger partial charge on any atom is -0.422 e. The van der Waals surface area contributed by atoms with Crippen molar-refractivity contribution in [3.63, 3.8) is 0 Å². The van der Waals surface area contributed by atoms with E-state index in [4.69, 9.17) is 9.47 Å². The molecule has 0 bridgehead atoms. The van der Waals surface area contributed by atoms with E-state index in [1.165, 1.54) is 12.3 Å². The van der Waals surface area contributed by atoms with Crippen molar-refractivity contribution in [1.29, 1.82) is 5.26 Å². The Bertz CT molecular complexity index is 1020. The number of hydrogen-bond acceptors (Lipinski definition) is 6. The van der Waals surface area contributed by atoms with Gasteiger partial charge in [0, 0.05) is 30.8 Å². The number of carbonyl (C=O) groups excluding carboxylic acids is 2. The summed E-state index contributed by atoms with van der Waals surface area (Å²) in [5.74, 6) is -10.6. The average Bonchev–Trinajstić information content (AvgIpc) is 3.20. The van der Waals surface area contributed by atoms with Gasteiger partial charge in [-0.25, -0.2) is 18.2 Å². The van der Waals surface area contributed by atoms with Gasteiger partial charge in [0.2, 0.25) is 0 Å². The zero-order chi connectivity index (χ0) is 20.8. The lowest BCUT2D eigenvalue weighted by molar-refractivity contribution is -0.256. The fraction of sp³-hybridized carbons (Fsp3) is 0.368. The maximum absolute atomic E-state index is 15.3. The molecule has 1 aliphatic carbocycles. The van der Waals surface area contributed by atoms with Gasteiger partial charge in [-0.1, -0.05) is 6.42 Å². The number of ether oxygens (including phenoxy) is 2. The molecule has 1 spiro atoms. The molecular formula is C19H14F3N3O4. The number of esters is 2. The van der Waals surface area contributed by atoms with Gasteiger partial charge in [-0.15, -0.1) is 0 Å². The fourth-order valence-electron chi connectivity index (χ4n) is 3.80. The number of nitrogens with zero attached hydrogens (tertiary/aromatic N) is 3. The predicted molar refractivity (Wildman–Crippen MR) is 88.9 cm³/mol. The van der Waals surface area contributed by atoms with Gasteiger partial charge in [0.05, 0.1) is 11.9 Å². The summed E-state index contributed by atoms with van der Waals surface area (Å²) in [5, 5.41) is 9.27. The minimum absolute atomic E-state index is 0.294. The van der Waals surface area contributed by atoms with Crippen molar-refractivity contribution in [2.45, 2.75) is 43.8 Å². The van der Waals surface area contributed by atoms with Crippen molar-refractivity contribution < 1.29 is 32.2 Å². The summed E-state index contributed by atoms with van der Waals surface area (Å²) in [7, 11) is 0. The number of aromatic nitrogens is 2. The molecule has 4 rings (SSSR count). The topological polar surface area (TPSA) is 94.2 Å². The van der Waals surface area contributed by atoms with Gasteiger partial charge in [-0.05, 0) is 12.8 Å². The highest BCUT2D eigenvalue weighted by Crippen LogP contribution is 2.42. The summed E-state index contributed by atoms with van der Waals surface area (Å²) < 4.78 is 55.7. The Morgan fingerprint density at radius 1 is 1.07 bits per heavy atom. The van der Waals surface area contributed by atoms with Gasteiger partial charge >= 0.3 is 11.9 Å². The highest BCUT2D eigenvalue weighted by molar-refractivity contribution is 6.03. The molecule has 0 N–H and O–H groups in total. The second kappa shape index (κ2) is 6.92. The van der Waals surface area contributed by atoms with Crippen LogP contribution in [0, 0.1) is 28.8 Å². The summed E-state index contributed by atoms with van der Waals surface area (Å²) >= 11 is 0. The van der Waals surface area contributed by atoms with E-state index >= 15 is 4.39 Å². The molecule has 2 aliphatic rings. The van der Waals surface area contributed by atoms with Crippen LogP contribution in [0.15, 0.2) is 18.7 Å². The van der Waals surface area contributed by atoms with Crippen LogP contribution in [-0.2, 0) is 19.1 Å². The summed E-state index contributed by atoms with van der Waals surface area (Å²) in [6.07, 6.45) is 6.15. The number of carbonyl (C=O) groups is 2. The monoisotopic (exact) mass is 405 g/mol. The third-order valence-corrected chi connectivity index (χ3v) is 5.16. The number of benzene rings is 1. The summed E-state index contributed by atoms with van der Waals surface area (Å²) in [5.41, 5.74) is -2.93. The quantitative estimate of drug-likeness (QED) is 0.433. The van der Waals surface area contributed by atoms with Crippen molar-refractivity contribution in [3.05, 3.63) is 47.3 Å². The van der Waals surface area contributed by atoms with Crippen LogP contribution in [0.3, 0.4) is 0 Å². The third-order valence-electron chi connectivity index (χ3n) is 5.16. The lowest BCUT2D eigenvalue weighted by Gasteiger charge is -2.40. The van der Waals surface area contributed by atoms with Gasteiger partial charge in [0.25, 0.3) is 5.79 Å². The average molecular weight is 405 g/mol. The van der Waals surface area contributed by atoms with Crippen molar-refractivity contribution in [3.8, 4) is 11.8 Å². The number of hydrogen-bond donors (Lipinski definition) is 0. The SMILES string of the molecule is N#Cc1c(F)c(F)c(-n2ccnc2)c(F)c1C1C(=O)OC2(CCCCC2)OC1=O. The van der Waals surface area contributed by atoms with Crippen LogP contribution >= 0.6 is 0 Å². The number of imidazole rings is 1. The molecule has 2 heterocycles. The molecule has 0 amide bonds. The molecule has 1 saturated heterocycles. The molecule has 1 aromatic carbocycles. The number of halogens is 3. The largest absolute Gasteiger partial charge is 0.422 e. The van der Waals surface area contributed by atoms with Crippen molar-refractivity contribution in [2.24, 2.45) is 0 Å². The molecular weight excluding hydrogens is 391 g/mol. The van der Waals surface area contributed by atoms with Gasteiger partial charge < -0.3 is 14.0 Å². The first-order valence-electron chi connectivity index (χ1n) is 8.93. The molecule has 29 heavy (non-hydrogen) atoms. The Kier molecular flexibility index (Phi) is 4.53. The predicted octanol–water partition coefficient (Wildman–Crippen LogP) is 3.01. The Morgan fingerprint density at radius 2 is 1.72 bits per heavy atom. The Balaban J connectivity index is 1.86. The Morgan fingerprint density at radius 3 is 2.28 bits per heavy atom. The van der Waals surface area contributed by atoms with Crippen LogP contribution in [0.2, 0.25) is 0 Å². The minimum atomic E-state index is -2.05. The first kappa shape index (κ1) is 19.0. The highest BCUT2D eigenvalue weighted by Gasteiger charge is 2.52. The van der Waals surface area contributed by atoms with Crippen LogP contribution in [0.25, 0.3) is 5.69 Å². The zero-order valence-electron chi connectivity index (χ0n) is 15.0. The van der Waals surface area contributed by atoms with Crippen molar-refractivity contribution >= 4 is 11.9 Å². The fourth-order valence-corrected chi connectivity index (χ4v) is 3.80. The standard InChI is InChI=1S/C19H14F3N3O4/c20-13-10(8-23)11(14(21)16(15(13)22)25-7-6-24-9-25)12-17(26)28-19(29-18(12)27)4-2-1-3-5-19/h6-7,9,12H,1-5H2. The molecule has 2 aromatic rings. The molecule has 150 valence electrons. The molecule has 0 atom stereocenters. The molecule has 7 nitrogen and oxygen atoms in total. The maximum Gasteiger partial charge on any atom is 0.328 e. The Labute approximate surface area is 162 Å². The normalized spacial score (nSPS) is 19.0. The molecule has 10 heteroatoms. The van der Waals surface area contributed by atoms with Gasteiger partial charge in [-0.3, -0.25) is 9.59 Å². The van der Waals surface area contributed by atoms with Gasteiger partial charge in [0.1, 0.15) is 11.8 Å². The molecule has 1 saturated carbocycles. The van der Waals surface area contributed by atoms with E-state index in [0.29, 0.717) is 25.7 Å². The maximum atomic E-state index is 15.3. The van der Waals surface area contributed by atoms with E-state index in [0.717, 1.165) is 23.5 Å². The van der Waals surface area contributed by atoms with Crippen LogP contribution in [0.5, 0.6) is 0 Å². The van der Waals surface area contributed by atoms with Crippen LogP contribution in [-0.4, -0.2) is 27.3 Å². The van der Waals surface area contributed by atoms with Gasteiger partial charge in [-0.2, -0.15) is 5.26 Å². The van der Waals surface area contributed by atoms with E-state index < -0.39 is 57.9 Å². The lowest BCUT2D eigenvalue weighted by atomic mass is 9.89. The number of rotatable bonds is 2. The number of nitriles is 1. The van der Waals surface area contributed by atoms with Crippen molar-refractivity contribution in [1.82, 2.24) is 9.55 Å². The molecule has 2 fully saturated rings. The van der Waals surface area contributed by atoms with E-state index in [9.17, 15) is 23.6 Å². The molecule has 1 aromatic heterocycles. The van der Waals surface area contributed by atoms with E-state index in [-0.39, 0.29) is 0 Å². The smallest absolute Gasteiger partial charge is 0.328 e. The second-order valence-corrected chi connectivity index (χ2v) is 6.91. The summed E-state index contributed by atoms with van der Waals surface area (Å²) in [4.78, 5) is 29.0. The Hall–Kier alpha value is -3.35. The van der Waals surface area contributed by atoms with Crippen LogP contribution in [0.4, 0.5) is 13.2 Å². The van der Waals surface area contributed by atoms with E-state index in [1.54, 1.807) is 0 Å². The van der Waals surface area contributed by atoms with Crippen LogP contribution < -0.4 is 0 Å². The lowest BCUT2D eigenvalue weighted by Crippen LogP contribution is -2.50. The van der Waals surface area contributed by atoms with E-state index in [2.05, 4.69) is 4.98 Å². The summed E-state index contributed by atoms with van der Waals surface area (Å²) in [6, 6.07) is 1.33. The van der Waals surface area contributed by atoms with Crippen molar-refractivity contribution in [2.75, 3.05) is 0 Å².